The molecule has 0 bridgehead atoms. The Bertz CT molecular complexity index is 861. The molecule has 3 nitrogen and oxygen atoms in total. The van der Waals surface area contributed by atoms with E-state index in [4.69, 9.17) is 12.2 Å². The fourth-order valence-corrected chi connectivity index (χ4v) is 4.09. The maximum absolute atomic E-state index is 5.61. The van der Waals surface area contributed by atoms with Crippen molar-refractivity contribution in [3.63, 3.8) is 0 Å². The van der Waals surface area contributed by atoms with Crippen LogP contribution in [0.2, 0.25) is 0 Å². The normalized spacial score (nSPS) is 22.9. The average Bonchev–Trinajstić information content (AvgIpc) is 2.83. The van der Waals surface area contributed by atoms with Crippen molar-refractivity contribution in [1.82, 2.24) is 14.5 Å². The van der Waals surface area contributed by atoms with Crippen LogP contribution in [0.15, 0.2) is 30.5 Å². The Kier molecular flexibility index (Phi) is 3.07. The van der Waals surface area contributed by atoms with Crippen LogP contribution in [0.25, 0.3) is 21.9 Å². The van der Waals surface area contributed by atoms with Crippen molar-refractivity contribution in [2.24, 2.45) is 5.92 Å². The van der Waals surface area contributed by atoms with E-state index < -0.39 is 0 Å². The summed E-state index contributed by atoms with van der Waals surface area (Å²) in [5.74, 6) is 0.781. The van der Waals surface area contributed by atoms with Gasteiger partial charge in [-0.05, 0) is 37.0 Å². The highest BCUT2D eigenvalue weighted by molar-refractivity contribution is 7.71. The molecule has 1 fully saturated rings. The average molecular weight is 297 g/mol. The third-order valence-electron chi connectivity index (χ3n) is 4.72. The van der Waals surface area contributed by atoms with E-state index in [1.165, 1.54) is 36.6 Å². The molecule has 0 radical (unpaired) electrons. The number of nitrogens with zero attached hydrogens (tertiary/aromatic N) is 2. The molecule has 21 heavy (non-hydrogen) atoms. The molecule has 2 atom stereocenters. The summed E-state index contributed by atoms with van der Waals surface area (Å²) < 4.78 is 3.19. The van der Waals surface area contributed by atoms with Gasteiger partial charge in [-0.15, -0.1) is 0 Å². The van der Waals surface area contributed by atoms with E-state index in [1.54, 1.807) is 0 Å². The van der Waals surface area contributed by atoms with Gasteiger partial charge in [0, 0.05) is 11.4 Å². The van der Waals surface area contributed by atoms with Crippen LogP contribution in [0.3, 0.4) is 0 Å². The Balaban J connectivity index is 2.01. The molecule has 1 N–H and O–H groups in total. The lowest BCUT2D eigenvalue weighted by atomic mass is 9.87. The van der Waals surface area contributed by atoms with Gasteiger partial charge in [-0.25, -0.2) is 0 Å². The van der Waals surface area contributed by atoms with Gasteiger partial charge in [0.2, 0.25) is 0 Å². The Morgan fingerprint density at radius 3 is 3.00 bits per heavy atom. The Labute approximate surface area is 129 Å². The first kappa shape index (κ1) is 13.0. The second-order valence-corrected chi connectivity index (χ2v) is 6.65. The molecule has 2 heterocycles. The van der Waals surface area contributed by atoms with E-state index in [9.17, 15) is 0 Å². The van der Waals surface area contributed by atoms with Crippen molar-refractivity contribution in [2.75, 3.05) is 0 Å². The van der Waals surface area contributed by atoms with Gasteiger partial charge >= 0.3 is 0 Å². The van der Waals surface area contributed by atoms with Gasteiger partial charge in [0.05, 0.1) is 22.7 Å². The van der Waals surface area contributed by atoms with E-state index in [0.29, 0.717) is 6.04 Å². The minimum absolute atomic E-state index is 0.515. The minimum atomic E-state index is 0.515. The van der Waals surface area contributed by atoms with Crippen LogP contribution in [0.4, 0.5) is 0 Å². The molecule has 0 saturated heterocycles. The predicted octanol–water partition coefficient (Wildman–Crippen LogP) is 5.00. The van der Waals surface area contributed by atoms with Crippen LogP contribution in [0.1, 0.15) is 38.6 Å². The molecule has 0 spiro atoms. The molecule has 108 valence electrons. The number of imidazole rings is 1. The molecule has 3 aromatic rings. The van der Waals surface area contributed by atoms with Gasteiger partial charge in [-0.2, -0.15) is 0 Å². The van der Waals surface area contributed by atoms with E-state index in [0.717, 1.165) is 21.7 Å². The van der Waals surface area contributed by atoms with E-state index in [1.807, 2.05) is 12.3 Å². The molecule has 1 aliphatic carbocycles. The van der Waals surface area contributed by atoms with Crippen molar-refractivity contribution in [1.29, 1.82) is 0 Å². The van der Waals surface area contributed by atoms with Crippen LogP contribution in [-0.2, 0) is 0 Å². The summed E-state index contributed by atoms with van der Waals surface area (Å²) in [6, 6.07) is 8.85. The summed E-state index contributed by atoms with van der Waals surface area (Å²) in [4.78, 5) is 7.88. The molecular weight excluding hydrogens is 278 g/mol. The number of fused-ring (bicyclic) bond motifs is 3. The van der Waals surface area contributed by atoms with Gasteiger partial charge in [-0.3, -0.25) is 4.98 Å². The fourth-order valence-electron chi connectivity index (χ4n) is 3.74. The quantitative estimate of drug-likeness (QED) is 0.641. The summed E-state index contributed by atoms with van der Waals surface area (Å²) >= 11 is 5.61. The zero-order chi connectivity index (χ0) is 14.4. The first-order chi connectivity index (χ1) is 10.2. The zero-order valence-electron chi connectivity index (χ0n) is 12.2. The molecule has 4 rings (SSSR count). The molecule has 0 amide bonds. The summed E-state index contributed by atoms with van der Waals surface area (Å²) in [5, 5.41) is 1.19. The highest BCUT2D eigenvalue weighted by atomic mass is 32.1. The van der Waals surface area contributed by atoms with E-state index in [2.05, 4.69) is 39.7 Å². The number of hydrogen-bond donors (Lipinski definition) is 1. The second kappa shape index (κ2) is 4.95. The molecular formula is C17H19N3S. The topological polar surface area (TPSA) is 33.6 Å². The third kappa shape index (κ3) is 2.09. The maximum atomic E-state index is 5.61. The van der Waals surface area contributed by atoms with Crippen molar-refractivity contribution in [2.45, 2.75) is 38.6 Å². The van der Waals surface area contributed by atoms with Crippen molar-refractivity contribution in [3.05, 3.63) is 35.2 Å². The van der Waals surface area contributed by atoms with Crippen LogP contribution >= 0.6 is 12.2 Å². The Morgan fingerprint density at radius 1 is 1.29 bits per heavy atom. The number of aromatic nitrogens is 3. The smallest absolute Gasteiger partial charge is 0.178 e. The predicted molar refractivity (Wildman–Crippen MR) is 89.1 cm³/mol. The number of H-pyrrole nitrogens is 1. The van der Waals surface area contributed by atoms with Crippen LogP contribution in [0, 0.1) is 10.7 Å². The number of para-hydroxylation sites is 1. The first-order valence-electron chi connectivity index (χ1n) is 7.72. The SMILES string of the molecule is CC1CCCC(n2c(=S)[nH]c3cnc4ccccc4c32)C1. The number of aromatic amines is 1. The van der Waals surface area contributed by atoms with Crippen LogP contribution < -0.4 is 0 Å². The Morgan fingerprint density at radius 2 is 2.14 bits per heavy atom. The monoisotopic (exact) mass is 297 g/mol. The van der Waals surface area contributed by atoms with Crippen molar-refractivity contribution >= 4 is 34.2 Å². The largest absolute Gasteiger partial charge is 0.329 e. The minimum Gasteiger partial charge on any atom is -0.329 e. The highest BCUT2D eigenvalue weighted by Crippen LogP contribution is 2.36. The fraction of sp³-hybridized carbons (Fsp3) is 0.412. The summed E-state index contributed by atoms with van der Waals surface area (Å²) in [6.45, 7) is 2.35. The number of hydrogen-bond acceptors (Lipinski definition) is 2. The number of pyridine rings is 1. The zero-order valence-corrected chi connectivity index (χ0v) is 13.0. The molecule has 1 aromatic carbocycles. The van der Waals surface area contributed by atoms with Crippen molar-refractivity contribution in [3.8, 4) is 0 Å². The summed E-state index contributed by atoms with van der Waals surface area (Å²) in [5.41, 5.74) is 3.32. The lowest BCUT2D eigenvalue weighted by molar-refractivity contribution is 0.285. The highest BCUT2D eigenvalue weighted by Gasteiger charge is 2.23. The molecule has 4 heteroatoms. The van der Waals surface area contributed by atoms with E-state index in [-0.39, 0.29) is 0 Å². The van der Waals surface area contributed by atoms with Gasteiger partial charge < -0.3 is 9.55 Å². The molecule has 0 aliphatic heterocycles. The van der Waals surface area contributed by atoms with Crippen LogP contribution in [0.5, 0.6) is 0 Å². The number of nitrogens with one attached hydrogen (secondary N) is 1. The molecule has 1 saturated carbocycles. The Hall–Kier alpha value is -1.68. The van der Waals surface area contributed by atoms with Gasteiger partial charge in [0.25, 0.3) is 0 Å². The van der Waals surface area contributed by atoms with Crippen molar-refractivity contribution < 1.29 is 0 Å². The van der Waals surface area contributed by atoms with Gasteiger partial charge in [-0.1, -0.05) is 38.0 Å². The van der Waals surface area contributed by atoms with Gasteiger partial charge in [0.1, 0.15) is 0 Å². The standard InChI is InChI=1S/C17H19N3S/c1-11-5-4-6-12(9-11)20-16-13-7-2-3-8-14(13)18-10-15(16)19-17(20)21/h2-3,7-8,10-12H,4-6,9H2,1H3,(H,19,21). The van der Waals surface area contributed by atoms with Gasteiger partial charge in [0.15, 0.2) is 4.77 Å². The third-order valence-corrected chi connectivity index (χ3v) is 5.02. The lowest BCUT2D eigenvalue weighted by Crippen LogP contribution is -2.17. The molecule has 2 unspecified atom stereocenters. The maximum Gasteiger partial charge on any atom is 0.178 e. The molecule has 2 aromatic heterocycles. The van der Waals surface area contributed by atoms with E-state index >= 15 is 0 Å². The first-order valence-corrected chi connectivity index (χ1v) is 8.13. The number of rotatable bonds is 1. The lowest BCUT2D eigenvalue weighted by Gasteiger charge is -2.28. The number of benzene rings is 1. The molecule has 1 aliphatic rings. The van der Waals surface area contributed by atoms with Crippen LogP contribution in [-0.4, -0.2) is 14.5 Å². The second-order valence-electron chi connectivity index (χ2n) is 6.26. The summed E-state index contributed by atoms with van der Waals surface area (Å²) in [6.07, 6.45) is 6.99. The summed E-state index contributed by atoms with van der Waals surface area (Å²) in [7, 11) is 0.